The molecule has 31 heavy (non-hydrogen) atoms. The van der Waals surface area contributed by atoms with E-state index in [0.717, 1.165) is 32.7 Å². The Morgan fingerprint density at radius 3 is 2.45 bits per heavy atom. The standard InChI is InChI=1S/C24H23BrFNO4/c1-2-28-23-10-18(13-27-12-17-5-8-21-22(9-17)31-15-30-21)20(25)11-24(23)29-14-16-3-6-19(26)7-4-16/h3-11,27H,2,12-15H2,1H3. The highest BCUT2D eigenvalue weighted by Crippen LogP contribution is 2.35. The van der Waals surface area contributed by atoms with Gasteiger partial charge in [-0.15, -0.1) is 0 Å². The molecule has 0 unspecified atom stereocenters. The zero-order valence-corrected chi connectivity index (χ0v) is 18.7. The van der Waals surface area contributed by atoms with Gasteiger partial charge in [-0.2, -0.15) is 0 Å². The Balaban J connectivity index is 1.40. The van der Waals surface area contributed by atoms with Crippen molar-refractivity contribution in [3.8, 4) is 23.0 Å². The van der Waals surface area contributed by atoms with E-state index in [2.05, 4.69) is 21.2 Å². The minimum absolute atomic E-state index is 0.265. The van der Waals surface area contributed by atoms with Crippen LogP contribution in [0, 0.1) is 5.82 Å². The molecule has 0 radical (unpaired) electrons. The number of hydrogen-bond donors (Lipinski definition) is 1. The van der Waals surface area contributed by atoms with Crippen molar-refractivity contribution >= 4 is 15.9 Å². The first-order valence-electron chi connectivity index (χ1n) is 10.0. The molecule has 0 saturated carbocycles. The maximum absolute atomic E-state index is 13.1. The largest absolute Gasteiger partial charge is 0.490 e. The molecule has 4 rings (SSSR count). The van der Waals surface area contributed by atoms with Gasteiger partial charge < -0.3 is 24.3 Å². The molecule has 7 heteroatoms. The summed E-state index contributed by atoms with van der Waals surface area (Å²) in [5, 5.41) is 3.44. The van der Waals surface area contributed by atoms with E-state index >= 15 is 0 Å². The second-order valence-electron chi connectivity index (χ2n) is 7.03. The van der Waals surface area contributed by atoms with Crippen LogP contribution in [-0.4, -0.2) is 13.4 Å². The van der Waals surface area contributed by atoms with Gasteiger partial charge in [-0.3, -0.25) is 0 Å². The third kappa shape index (κ3) is 5.48. The van der Waals surface area contributed by atoms with E-state index < -0.39 is 0 Å². The van der Waals surface area contributed by atoms with Crippen molar-refractivity contribution in [2.24, 2.45) is 0 Å². The molecule has 0 fully saturated rings. The van der Waals surface area contributed by atoms with Crippen LogP contribution in [0.15, 0.2) is 59.1 Å². The highest BCUT2D eigenvalue weighted by Gasteiger charge is 2.14. The monoisotopic (exact) mass is 487 g/mol. The molecule has 0 spiro atoms. The summed E-state index contributed by atoms with van der Waals surface area (Å²) in [6.45, 7) is 4.40. The summed E-state index contributed by atoms with van der Waals surface area (Å²) in [5.74, 6) is 2.61. The van der Waals surface area contributed by atoms with Gasteiger partial charge in [0.2, 0.25) is 6.79 Å². The molecule has 0 aromatic heterocycles. The summed E-state index contributed by atoms with van der Waals surface area (Å²) in [7, 11) is 0. The first kappa shape index (κ1) is 21.5. The van der Waals surface area contributed by atoms with Gasteiger partial charge in [-0.1, -0.05) is 34.1 Å². The van der Waals surface area contributed by atoms with E-state index in [0.29, 0.717) is 37.8 Å². The van der Waals surface area contributed by atoms with Crippen molar-refractivity contribution in [2.75, 3.05) is 13.4 Å². The van der Waals surface area contributed by atoms with Gasteiger partial charge in [-0.05, 0) is 60.0 Å². The van der Waals surface area contributed by atoms with E-state index in [1.807, 2.05) is 37.3 Å². The second-order valence-corrected chi connectivity index (χ2v) is 7.88. The summed E-state index contributed by atoms with van der Waals surface area (Å²) in [6, 6.07) is 16.1. The lowest BCUT2D eigenvalue weighted by molar-refractivity contribution is 0.174. The maximum Gasteiger partial charge on any atom is 0.231 e. The fourth-order valence-corrected chi connectivity index (χ4v) is 3.69. The van der Waals surface area contributed by atoms with E-state index in [1.165, 1.54) is 12.1 Å². The van der Waals surface area contributed by atoms with Crippen molar-refractivity contribution in [1.29, 1.82) is 0 Å². The highest BCUT2D eigenvalue weighted by atomic mass is 79.9. The molecule has 1 heterocycles. The van der Waals surface area contributed by atoms with Crippen LogP contribution in [0.5, 0.6) is 23.0 Å². The second kappa shape index (κ2) is 10.0. The van der Waals surface area contributed by atoms with Gasteiger partial charge in [-0.25, -0.2) is 4.39 Å². The van der Waals surface area contributed by atoms with Gasteiger partial charge in [0.25, 0.3) is 0 Å². The topological polar surface area (TPSA) is 49.0 Å². The normalized spacial score (nSPS) is 12.1. The Morgan fingerprint density at radius 2 is 1.65 bits per heavy atom. The Bertz CT molecular complexity index is 1040. The van der Waals surface area contributed by atoms with Gasteiger partial charge in [0, 0.05) is 17.6 Å². The van der Waals surface area contributed by atoms with E-state index in [4.69, 9.17) is 18.9 Å². The fourth-order valence-electron chi connectivity index (χ4n) is 3.23. The summed E-state index contributed by atoms with van der Waals surface area (Å²) in [5.41, 5.74) is 3.05. The molecule has 3 aromatic rings. The summed E-state index contributed by atoms with van der Waals surface area (Å²) >= 11 is 3.63. The predicted octanol–water partition coefficient (Wildman–Crippen LogP) is 5.58. The molecule has 0 atom stereocenters. The van der Waals surface area contributed by atoms with E-state index in [-0.39, 0.29) is 12.6 Å². The van der Waals surface area contributed by atoms with Gasteiger partial charge in [0.05, 0.1) is 6.61 Å². The summed E-state index contributed by atoms with van der Waals surface area (Å²) < 4.78 is 36.5. The minimum Gasteiger partial charge on any atom is -0.490 e. The third-order valence-corrected chi connectivity index (χ3v) is 5.54. The summed E-state index contributed by atoms with van der Waals surface area (Å²) in [4.78, 5) is 0. The smallest absolute Gasteiger partial charge is 0.231 e. The van der Waals surface area contributed by atoms with Gasteiger partial charge in [0.1, 0.15) is 12.4 Å². The van der Waals surface area contributed by atoms with Gasteiger partial charge in [0.15, 0.2) is 23.0 Å². The predicted molar refractivity (Wildman–Crippen MR) is 119 cm³/mol. The lowest BCUT2D eigenvalue weighted by Gasteiger charge is -2.16. The number of hydrogen-bond acceptors (Lipinski definition) is 5. The molecule has 5 nitrogen and oxygen atoms in total. The van der Waals surface area contributed by atoms with Crippen LogP contribution in [0.1, 0.15) is 23.6 Å². The molecule has 162 valence electrons. The maximum atomic E-state index is 13.1. The Labute approximate surface area is 189 Å². The van der Waals surface area contributed by atoms with E-state index in [1.54, 1.807) is 12.1 Å². The first-order valence-corrected chi connectivity index (χ1v) is 10.8. The molecule has 0 aliphatic carbocycles. The third-order valence-electron chi connectivity index (χ3n) is 4.80. The zero-order chi connectivity index (χ0) is 21.6. The van der Waals surface area contributed by atoms with Crippen LogP contribution in [0.3, 0.4) is 0 Å². The number of rotatable bonds is 9. The Kier molecular flexibility index (Phi) is 6.94. The Morgan fingerprint density at radius 1 is 0.903 bits per heavy atom. The lowest BCUT2D eigenvalue weighted by atomic mass is 10.1. The van der Waals surface area contributed by atoms with Crippen molar-refractivity contribution in [2.45, 2.75) is 26.6 Å². The lowest BCUT2D eigenvalue weighted by Crippen LogP contribution is -2.13. The van der Waals surface area contributed by atoms with E-state index in [9.17, 15) is 4.39 Å². The molecular formula is C24H23BrFNO4. The number of benzene rings is 3. The first-order chi connectivity index (χ1) is 15.1. The molecule has 3 aromatic carbocycles. The Hall–Kier alpha value is -2.77. The summed E-state index contributed by atoms with van der Waals surface area (Å²) in [6.07, 6.45) is 0. The van der Waals surface area contributed by atoms with Crippen LogP contribution in [0.4, 0.5) is 4.39 Å². The molecule has 1 aliphatic rings. The van der Waals surface area contributed by atoms with Crippen LogP contribution in [0.2, 0.25) is 0 Å². The number of halogens is 2. The fraction of sp³-hybridized carbons (Fsp3) is 0.250. The number of fused-ring (bicyclic) bond motifs is 1. The number of nitrogens with one attached hydrogen (secondary N) is 1. The average molecular weight is 488 g/mol. The van der Waals surface area contributed by atoms with Crippen LogP contribution in [0.25, 0.3) is 0 Å². The van der Waals surface area contributed by atoms with Crippen molar-refractivity contribution < 1.29 is 23.3 Å². The average Bonchev–Trinajstić information content (AvgIpc) is 3.24. The quantitative estimate of drug-likeness (QED) is 0.426. The van der Waals surface area contributed by atoms with Crippen molar-refractivity contribution in [3.63, 3.8) is 0 Å². The minimum atomic E-state index is -0.265. The van der Waals surface area contributed by atoms with Crippen LogP contribution >= 0.6 is 15.9 Å². The zero-order valence-electron chi connectivity index (χ0n) is 17.1. The molecule has 1 aliphatic heterocycles. The van der Waals surface area contributed by atoms with Crippen LogP contribution < -0.4 is 24.3 Å². The van der Waals surface area contributed by atoms with Crippen molar-refractivity contribution in [3.05, 3.63) is 81.6 Å². The van der Waals surface area contributed by atoms with Gasteiger partial charge >= 0.3 is 0 Å². The molecule has 0 saturated heterocycles. The van der Waals surface area contributed by atoms with Crippen LogP contribution in [-0.2, 0) is 19.7 Å². The SMILES string of the molecule is CCOc1cc(CNCc2ccc3c(c2)OCO3)c(Br)cc1OCc1ccc(F)cc1. The van der Waals surface area contributed by atoms with Crippen molar-refractivity contribution in [1.82, 2.24) is 5.32 Å². The molecule has 0 amide bonds. The number of ether oxygens (including phenoxy) is 4. The highest BCUT2D eigenvalue weighted by molar-refractivity contribution is 9.10. The molecular weight excluding hydrogens is 465 g/mol. The molecule has 0 bridgehead atoms. The molecule has 1 N–H and O–H groups in total.